The Hall–Kier alpha value is -2.05. The third-order valence-corrected chi connectivity index (χ3v) is 11.0. The van der Waals surface area contributed by atoms with Crippen LogP contribution in [0.3, 0.4) is 0 Å². The minimum atomic E-state index is 0.0310. The van der Waals surface area contributed by atoms with Gasteiger partial charge >= 0.3 is 0 Å². The van der Waals surface area contributed by atoms with E-state index in [1.807, 2.05) is 30.4 Å². The largest absolute Gasteiger partial charge is 0.379 e. The topological polar surface area (TPSA) is 82.2 Å². The lowest BCUT2D eigenvalue weighted by Crippen LogP contribution is -2.50. The van der Waals surface area contributed by atoms with Crippen molar-refractivity contribution in [2.75, 3.05) is 90.2 Å². The van der Waals surface area contributed by atoms with Crippen LogP contribution in [0.5, 0.6) is 0 Å². The minimum Gasteiger partial charge on any atom is -0.379 e. The molecule has 0 amide bonds. The van der Waals surface area contributed by atoms with E-state index in [2.05, 4.69) is 57.6 Å². The number of nitrogens with zero attached hydrogens (tertiary/aromatic N) is 6. The molecule has 11 heteroatoms. The van der Waals surface area contributed by atoms with Gasteiger partial charge in [0.25, 0.3) is 0 Å². The van der Waals surface area contributed by atoms with Crippen molar-refractivity contribution in [2.24, 2.45) is 15.9 Å². The Morgan fingerprint density at radius 3 is 2.11 bits per heavy atom. The molecule has 1 aromatic heterocycles. The number of thiophene rings is 1. The number of hydrazone groups is 1. The molecule has 2 aromatic rings. The molecule has 1 aromatic carbocycles. The molecule has 0 aliphatic carbocycles. The second-order valence-corrected chi connectivity index (χ2v) is 14.1. The summed E-state index contributed by atoms with van der Waals surface area (Å²) >= 11 is 8.17. The molecule has 2 unspecified atom stereocenters. The molecule has 4 heterocycles. The summed E-state index contributed by atoms with van der Waals surface area (Å²) in [5.41, 5.74) is 4.59. The van der Waals surface area contributed by atoms with Crippen LogP contribution in [-0.4, -0.2) is 124 Å². The van der Waals surface area contributed by atoms with Crippen LogP contribution in [0.15, 0.2) is 34.4 Å². The van der Waals surface area contributed by atoms with E-state index in [1.54, 1.807) is 0 Å². The smallest absolute Gasteiger partial charge is 0.126 e. The van der Waals surface area contributed by atoms with Crippen molar-refractivity contribution in [1.29, 1.82) is 0 Å². The fourth-order valence-electron chi connectivity index (χ4n) is 6.83. The number of nitrogens with two attached hydrogens (primary N) is 1. The van der Waals surface area contributed by atoms with E-state index >= 15 is 0 Å². The molecule has 2 saturated heterocycles. The average molecular weight is 658 g/mol. The van der Waals surface area contributed by atoms with Crippen molar-refractivity contribution in [3.8, 4) is 0 Å². The summed E-state index contributed by atoms with van der Waals surface area (Å²) < 4.78 is 11.2. The second-order valence-electron chi connectivity index (χ2n) is 12.5. The van der Waals surface area contributed by atoms with E-state index in [4.69, 9.17) is 31.9 Å². The molecule has 5 rings (SSSR count). The number of rotatable bonds is 12. The van der Waals surface area contributed by atoms with Crippen molar-refractivity contribution in [3.05, 3.63) is 50.9 Å². The van der Waals surface area contributed by atoms with Crippen LogP contribution < -0.4 is 10.7 Å². The quantitative estimate of drug-likeness (QED) is 0.151. The summed E-state index contributed by atoms with van der Waals surface area (Å²) in [7, 11) is 0. The first-order chi connectivity index (χ1) is 21.9. The van der Waals surface area contributed by atoms with Gasteiger partial charge in [-0.25, -0.2) is 0 Å². The standard InChI is InChI=1S/C34H52ClN7O2S/c1-5-31-30(24-41(14-6-12-39-16-20-43-21-17-39)15-7-13-40-18-22-44-23-19-40)37-33(28-8-10-29(35)11-9-28)32-25(2)26(3)45-34(32)42(31)27(4)38-36/h8-11,30-31H,5-7,12-24,36H2,1-4H3/b38-27-. The number of hydrogen-bond acceptors (Lipinski definition) is 9. The fraction of sp³-hybridized carbons (Fsp3) is 0.647. The molecular formula is C34H52ClN7O2S. The monoisotopic (exact) mass is 657 g/mol. The Morgan fingerprint density at radius 2 is 1.58 bits per heavy atom. The number of morpholine rings is 2. The lowest BCUT2D eigenvalue weighted by Gasteiger charge is -2.37. The van der Waals surface area contributed by atoms with E-state index in [9.17, 15) is 0 Å². The number of amidine groups is 1. The van der Waals surface area contributed by atoms with Crippen LogP contribution in [-0.2, 0) is 9.47 Å². The van der Waals surface area contributed by atoms with Crippen LogP contribution in [0.25, 0.3) is 0 Å². The van der Waals surface area contributed by atoms with Gasteiger partial charge in [-0.1, -0.05) is 30.7 Å². The Morgan fingerprint density at radius 1 is 1.00 bits per heavy atom. The van der Waals surface area contributed by atoms with E-state index in [-0.39, 0.29) is 12.1 Å². The van der Waals surface area contributed by atoms with Crippen LogP contribution in [0.1, 0.15) is 54.7 Å². The maximum absolute atomic E-state index is 6.35. The van der Waals surface area contributed by atoms with Gasteiger partial charge in [0.05, 0.1) is 44.2 Å². The Balaban J connectivity index is 1.46. The Bertz CT molecular complexity index is 1260. The number of fused-ring (bicyclic) bond motifs is 1. The summed E-state index contributed by atoms with van der Waals surface area (Å²) in [6, 6.07) is 8.31. The molecule has 2 N–H and O–H groups in total. The number of aliphatic imine (C=N–C) groups is 1. The lowest BCUT2D eigenvalue weighted by molar-refractivity contribution is 0.0338. The molecule has 0 bridgehead atoms. The zero-order chi connectivity index (χ0) is 31.8. The predicted octanol–water partition coefficient (Wildman–Crippen LogP) is 4.86. The Kier molecular flexibility index (Phi) is 12.7. The number of ether oxygens (including phenoxy) is 2. The van der Waals surface area contributed by atoms with Crippen molar-refractivity contribution < 1.29 is 9.47 Å². The highest BCUT2D eigenvalue weighted by atomic mass is 35.5. The van der Waals surface area contributed by atoms with Crippen LogP contribution >= 0.6 is 22.9 Å². The Labute approximate surface area is 279 Å². The third kappa shape index (κ3) is 8.66. The molecule has 2 atom stereocenters. The molecule has 3 aliphatic heterocycles. The molecule has 0 radical (unpaired) electrons. The molecule has 0 spiro atoms. The molecule has 0 saturated carbocycles. The summed E-state index contributed by atoms with van der Waals surface area (Å²) in [6.07, 6.45) is 3.20. The van der Waals surface area contributed by atoms with Gasteiger partial charge in [-0.15, -0.1) is 11.3 Å². The van der Waals surface area contributed by atoms with Gasteiger partial charge in [0.2, 0.25) is 0 Å². The fourth-order valence-corrected chi connectivity index (χ4v) is 8.22. The zero-order valence-electron chi connectivity index (χ0n) is 27.6. The van der Waals surface area contributed by atoms with Crippen molar-refractivity contribution in [1.82, 2.24) is 14.7 Å². The van der Waals surface area contributed by atoms with Crippen LogP contribution in [0.2, 0.25) is 5.02 Å². The van der Waals surface area contributed by atoms with Gasteiger partial charge in [0.15, 0.2) is 0 Å². The van der Waals surface area contributed by atoms with Gasteiger partial charge < -0.3 is 25.1 Å². The maximum Gasteiger partial charge on any atom is 0.126 e. The first-order valence-corrected chi connectivity index (χ1v) is 17.9. The predicted molar refractivity (Wildman–Crippen MR) is 189 cm³/mol. The summed E-state index contributed by atoms with van der Waals surface area (Å²) in [6.45, 7) is 21.4. The molecular weight excluding hydrogens is 606 g/mol. The maximum atomic E-state index is 6.35. The van der Waals surface area contributed by atoms with Gasteiger partial charge in [-0.3, -0.25) is 14.8 Å². The molecule has 45 heavy (non-hydrogen) atoms. The van der Waals surface area contributed by atoms with E-state index in [1.165, 1.54) is 21.0 Å². The third-order valence-electron chi connectivity index (χ3n) is 9.51. The highest BCUT2D eigenvalue weighted by molar-refractivity contribution is 7.17. The number of hydrogen-bond donors (Lipinski definition) is 1. The number of benzene rings is 1. The van der Waals surface area contributed by atoms with Crippen LogP contribution in [0, 0.1) is 13.8 Å². The van der Waals surface area contributed by atoms with Gasteiger partial charge in [0.1, 0.15) is 10.8 Å². The number of anilines is 1. The highest BCUT2D eigenvalue weighted by Crippen LogP contribution is 2.42. The first-order valence-electron chi connectivity index (χ1n) is 16.7. The van der Waals surface area contributed by atoms with Gasteiger partial charge in [-0.05, 0) is 83.9 Å². The van der Waals surface area contributed by atoms with Crippen LogP contribution in [0.4, 0.5) is 5.00 Å². The molecule has 248 valence electrons. The van der Waals surface area contributed by atoms with Gasteiger partial charge in [-0.2, -0.15) is 5.10 Å². The minimum absolute atomic E-state index is 0.0310. The van der Waals surface area contributed by atoms with Gasteiger partial charge in [0, 0.05) is 53.8 Å². The molecule has 2 fully saturated rings. The van der Waals surface area contributed by atoms with E-state index in [0.29, 0.717) is 0 Å². The average Bonchev–Trinajstić information content (AvgIpc) is 3.27. The zero-order valence-corrected chi connectivity index (χ0v) is 29.2. The SMILES string of the molecule is CCC1C(CN(CCCN2CCOCC2)CCCN2CCOCC2)N=C(c2ccc(Cl)cc2)c2c(sc(C)c2C)N1/C(C)=N\N. The van der Waals surface area contributed by atoms with Crippen molar-refractivity contribution in [3.63, 3.8) is 0 Å². The summed E-state index contributed by atoms with van der Waals surface area (Å²) in [5, 5.41) is 6.17. The second kappa shape index (κ2) is 16.7. The van der Waals surface area contributed by atoms with E-state index in [0.717, 1.165) is 127 Å². The normalized spacial score (nSPS) is 22.0. The molecule has 9 nitrogen and oxygen atoms in total. The lowest BCUT2D eigenvalue weighted by atomic mass is 10.00. The number of aryl methyl sites for hydroxylation is 1. The number of halogens is 1. The highest BCUT2D eigenvalue weighted by Gasteiger charge is 2.37. The molecule has 3 aliphatic rings. The van der Waals surface area contributed by atoms with Crippen molar-refractivity contribution >= 4 is 39.5 Å². The van der Waals surface area contributed by atoms with E-state index < -0.39 is 0 Å². The summed E-state index contributed by atoms with van der Waals surface area (Å²) in [4.78, 5) is 17.1. The van der Waals surface area contributed by atoms with Crippen molar-refractivity contribution in [2.45, 2.75) is 59.0 Å². The first kappa shape index (κ1) is 34.3. The summed E-state index contributed by atoms with van der Waals surface area (Å²) in [5.74, 6) is 6.84.